The summed E-state index contributed by atoms with van der Waals surface area (Å²) in [5.74, 6) is -2.06. The van der Waals surface area contributed by atoms with Gasteiger partial charge in [-0.3, -0.25) is 4.79 Å². The van der Waals surface area contributed by atoms with Crippen molar-refractivity contribution in [3.05, 3.63) is 12.0 Å². The Morgan fingerprint density at radius 3 is 2.38 bits per heavy atom. The summed E-state index contributed by atoms with van der Waals surface area (Å²) >= 11 is 0. The molecule has 3 fully saturated rings. The van der Waals surface area contributed by atoms with E-state index in [4.69, 9.17) is 35.2 Å². The predicted octanol–water partition coefficient (Wildman–Crippen LogP) is -0.0393. The van der Waals surface area contributed by atoms with Crippen molar-refractivity contribution in [3.8, 4) is 0 Å². The minimum absolute atomic E-state index is 0.0285. The molecule has 10 heteroatoms. The molecule has 1 aromatic rings. The van der Waals surface area contributed by atoms with Gasteiger partial charge in [-0.1, -0.05) is 0 Å². The maximum atomic E-state index is 11.4. The molecule has 26 heavy (non-hydrogen) atoms. The molecule has 5 atom stereocenters. The van der Waals surface area contributed by atoms with E-state index in [2.05, 4.69) is 4.98 Å². The quantitative estimate of drug-likeness (QED) is 0.759. The number of rotatable bonds is 3. The number of aromatic nitrogens is 2. The molecular formula is C16H24N4O6. The maximum absolute atomic E-state index is 11.4. The Kier molecular flexibility index (Phi) is 3.83. The molecule has 4 heterocycles. The summed E-state index contributed by atoms with van der Waals surface area (Å²) < 4.78 is 31.7. The number of hydrogen-bond donors (Lipinski definition) is 2. The molecule has 4 rings (SSSR count). The largest absolute Gasteiger partial charge is 0.383 e. The lowest BCUT2D eigenvalue weighted by molar-refractivity contribution is -0.236. The number of carbonyl (C=O) groups is 1. The summed E-state index contributed by atoms with van der Waals surface area (Å²) in [4.78, 5) is 15.3. The molecule has 3 aliphatic rings. The second-order valence-electron chi connectivity index (χ2n) is 7.70. The topological polar surface area (TPSA) is 133 Å². The first-order valence-electron chi connectivity index (χ1n) is 8.53. The molecule has 0 aromatic carbocycles. The number of carbonyl (C=O) groups excluding carboxylic acids is 1. The summed E-state index contributed by atoms with van der Waals surface area (Å²) in [5.41, 5.74) is 11.3. The third kappa shape index (κ3) is 2.87. The highest BCUT2D eigenvalue weighted by atomic mass is 16.9. The standard InChI is InChI=1S/C16H24N4O6/c1-15(2)23-9-7(5-20-6-19-8(12(20)17)13(18)21)22-14-11(10(9)24-15)25-16(3,4)26-14/h6-7,9-11,14H,5,17H2,1-4H3,(H2,18,21)/t7-,9+,10+,11-,14-/m1/s1. The van der Waals surface area contributed by atoms with Crippen LogP contribution in [0.1, 0.15) is 38.2 Å². The molecule has 0 radical (unpaired) electrons. The number of fused-ring (bicyclic) bond motifs is 3. The summed E-state index contributed by atoms with van der Waals surface area (Å²) in [6.07, 6.45) is -0.698. The van der Waals surface area contributed by atoms with Gasteiger partial charge in [-0.15, -0.1) is 0 Å². The average Bonchev–Trinajstić information content (AvgIpc) is 3.12. The van der Waals surface area contributed by atoms with E-state index in [1.165, 1.54) is 6.33 Å². The van der Waals surface area contributed by atoms with E-state index in [1.807, 2.05) is 27.7 Å². The average molecular weight is 368 g/mol. The normalized spacial score (nSPS) is 37.3. The Hall–Kier alpha value is -1.72. The lowest BCUT2D eigenvalue weighted by Crippen LogP contribution is -2.56. The number of ether oxygens (including phenoxy) is 5. The Labute approximate surface area is 150 Å². The molecule has 1 amide bonds. The van der Waals surface area contributed by atoms with Gasteiger partial charge in [0.25, 0.3) is 5.91 Å². The highest BCUT2D eigenvalue weighted by Gasteiger charge is 2.60. The molecule has 3 saturated heterocycles. The fourth-order valence-corrected chi connectivity index (χ4v) is 3.76. The number of anilines is 1. The Morgan fingerprint density at radius 2 is 1.73 bits per heavy atom. The summed E-state index contributed by atoms with van der Waals surface area (Å²) in [7, 11) is 0. The third-order valence-corrected chi connectivity index (χ3v) is 4.74. The van der Waals surface area contributed by atoms with Crippen molar-refractivity contribution in [2.24, 2.45) is 5.73 Å². The maximum Gasteiger partial charge on any atom is 0.271 e. The molecule has 10 nitrogen and oxygen atoms in total. The fourth-order valence-electron chi connectivity index (χ4n) is 3.76. The molecule has 144 valence electrons. The van der Waals surface area contributed by atoms with Crippen LogP contribution in [0.4, 0.5) is 5.82 Å². The van der Waals surface area contributed by atoms with Gasteiger partial charge in [-0.05, 0) is 27.7 Å². The second kappa shape index (κ2) is 5.64. The van der Waals surface area contributed by atoms with E-state index in [1.54, 1.807) is 4.57 Å². The molecule has 0 unspecified atom stereocenters. The van der Waals surface area contributed by atoms with Gasteiger partial charge in [-0.2, -0.15) is 0 Å². The van der Waals surface area contributed by atoms with Gasteiger partial charge in [0, 0.05) is 0 Å². The molecule has 0 spiro atoms. The lowest BCUT2D eigenvalue weighted by Gasteiger charge is -2.37. The summed E-state index contributed by atoms with van der Waals surface area (Å²) in [5, 5.41) is 0. The van der Waals surface area contributed by atoms with Crippen molar-refractivity contribution < 1.29 is 28.5 Å². The van der Waals surface area contributed by atoms with Gasteiger partial charge in [0.1, 0.15) is 30.2 Å². The first-order valence-corrected chi connectivity index (χ1v) is 8.53. The van der Waals surface area contributed by atoms with E-state index in [9.17, 15) is 4.79 Å². The van der Waals surface area contributed by atoms with Crippen molar-refractivity contribution in [3.63, 3.8) is 0 Å². The zero-order chi connectivity index (χ0) is 18.9. The number of nitrogens with zero attached hydrogens (tertiary/aromatic N) is 2. The summed E-state index contributed by atoms with van der Waals surface area (Å²) in [6, 6.07) is 0. The van der Waals surface area contributed by atoms with E-state index < -0.39 is 36.0 Å². The van der Waals surface area contributed by atoms with Gasteiger partial charge in [0.15, 0.2) is 23.6 Å². The first-order chi connectivity index (χ1) is 12.1. The minimum atomic E-state index is -0.780. The van der Waals surface area contributed by atoms with Crippen LogP contribution in [0.2, 0.25) is 0 Å². The first kappa shape index (κ1) is 17.7. The van der Waals surface area contributed by atoms with Gasteiger partial charge in [0.05, 0.1) is 12.9 Å². The molecule has 4 N–H and O–H groups in total. The Balaban J connectivity index is 1.61. The molecular weight excluding hydrogens is 344 g/mol. The van der Waals surface area contributed by atoms with Crippen molar-refractivity contribution in [1.82, 2.24) is 9.55 Å². The number of amides is 1. The zero-order valence-electron chi connectivity index (χ0n) is 15.2. The number of primary amides is 1. The molecule has 0 bridgehead atoms. The highest BCUT2D eigenvalue weighted by Crippen LogP contribution is 2.44. The van der Waals surface area contributed by atoms with Crippen LogP contribution in [0.5, 0.6) is 0 Å². The van der Waals surface area contributed by atoms with Crippen LogP contribution in [-0.2, 0) is 30.2 Å². The van der Waals surface area contributed by atoms with Crippen LogP contribution < -0.4 is 11.5 Å². The monoisotopic (exact) mass is 368 g/mol. The SMILES string of the molecule is CC1(C)O[C@H]2[C@@H](O1)[C@@H](Cn1cnc(C(N)=O)c1N)O[C@@H]1OC(C)(C)O[C@@H]12. The van der Waals surface area contributed by atoms with Gasteiger partial charge < -0.3 is 39.7 Å². The van der Waals surface area contributed by atoms with Crippen LogP contribution in [0.15, 0.2) is 6.33 Å². The molecule has 1 aromatic heterocycles. The molecule has 3 aliphatic heterocycles. The Bertz CT molecular complexity index is 732. The van der Waals surface area contributed by atoms with Crippen LogP contribution in [0, 0.1) is 0 Å². The van der Waals surface area contributed by atoms with Crippen LogP contribution in [0.3, 0.4) is 0 Å². The second-order valence-corrected chi connectivity index (χ2v) is 7.70. The molecule has 0 aliphatic carbocycles. The number of hydrogen-bond acceptors (Lipinski definition) is 8. The number of nitrogen functional groups attached to an aromatic ring is 1. The minimum Gasteiger partial charge on any atom is -0.383 e. The van der Waals surface area contributed by atoms with Crippen LogP contribution >= 0.6 is 0 Å². The lowest BCUT2D eigenvalue weighted by atomic mass is 9.99. The van der Waals surface area contributed by atoms with Gasteiger partial charge >= 0.3 is 0 Å². The van der Waals surface area contributed by atoms with Crippen molar-refractivity contribution in [1.29, 1.82) is 0 Å². The van der Waals surface area contributed by atoms with Gasteiger partial charge in [-0.25, -0.2) is 4.98 Å². The number of nitrogens with two attached hydrogens (primary N) is 2. The third-order valence-electron chi connectivity index (χ3n) is 4.74. The van der Waals surface area contributed by atoms with Crippen molar-refractivity contribution in [2.75, 3.05) is 5.73 Å². The van der Waals surface area contributed by atoms with Crippen LogP contribution in [-0.4, -0.2) is 57.7 Å². The summed E-state index contributed by atoms with van der Waals surface area (Å²) in [6.45, 7) is 7.64. The highest BCUT2D eigenvalue weighted by molar-refractivity contribution is 5.95. The fraction of sp³-hybridized carbons (Fsp3) is 0.750. The van der Waals surface area contributed by atoms with Gasteiger partial charge in [0.2, 0.25) is 0 Å². The Morgan fingerprint density at radius 1 is 1.12 bits per heavy atom. The van der Waals surface area contributed by atoms with E-state index in [0.717, 1.165) is 0 Å². The van der Waals surface area contributed by atoms with Crippen molar-refractivity contribution >= 4 is 11.7 Å². The smallest absolute Gasteiger partial charge is 0.271 e. The van der Waals surface area contributed by atoms with E-state index in [0.29, 0.717) is 6.54 Å². The van der Waals surface area contributed by atoms with Crippen LogP contribution in [0.25, 0.3) is 0 Å². The zero-order valence-corrected chi connectivity index (χ0v) is 15.2. The van der Waals surface area contributed by atoms with E-state index >= 15 is 0 Å². The molecule has 0 saturated carbocycles. The predicted molar refractivity (Wildman–Crippen MR) is 87.7 cm³/mol. The number of imidazole rings is 1. The van der Waals surface area contributed by atoms with E-state index in [-0.39, 0.29) is 23.7 Å². The van der Waals surface area contributed by atoms with Crippen molar-refractivity contribution in [2.45, 2.75) is 76.5 Å².